The molecule has 222 valence electrons. The molecular formula is C31H24Br2Cl2N2O6. The Morgan fingerprint density at radius 1 is 0.860 bits per heavy atom. The quantitative estimate of drug-likeness (QED) is 0.0879. The maximum absolute atomic E-state index is 13.8. The van der Waals surface area contributed by atoms with Gasteiger partial charge in [0.05, 0.1) is 28.0 Å². The number of hydrogen-bond donors (Lipinski definition) is 0. The van der Waals surface area contributed by atoms with Crippen molar-refractivity contribution in [1.82, 2.24) is 10.0 Å². The molecule has 3 aromatic carbocycles. The lowest BCUT2D eigenvalue weighted by molar-refractivity contribution is -0.154. The monoisotopic (exact) mass is 748 g/mol. The van der Waals surface area contributed by atoms with E-state index in [2.05, 4.69) is 31.9 Å². The first-order chi connectivity index (χ1) is 20.4. The second kappa shape index (κ2) is 12.9. The van der Waals surface area contributed by atoms with Crippen LogP contribution in [0.5, 0.6) is 5.75 Å². The number of hydrazine groups is 1. The van der Waals surface area contributed by atoms with Gasteiger partial charge in [0.15, 0.2) is 5.78 Å². The van der Waals surface area contributed by atoms with E-state index in [1.165, 1.54) is 42.5 Å². The number of alkyl halides is 2. The fourth-order valence-corrected chi connectivity index (χ4v) is 6.87. The summed E-state index contributed by atoms with van der Waals surface area (Å²) < 4.78 is 5.41. The van der Waals surface area contributed by atoms with E-state index in [9.17, 15) is 24.0 Å². The Kier molecular flexibility index (Phi) is 9.41. The van der Waals surface area contributed by atoms with Crippen LogP contribution >= 0.6 is 55.1 Å². The molecule has 4 atom stereocenters. The molecule has 2 aliphatic rings. The molecule has 8 nitrogen and oxygen atoms in total. The molecule has 5 rings (SSSR count). The van der Waals surface area contributed by atoms with Crippen molar-refractivity contribution in [2.45, 2.75) is 29.4 Å². The summed E-state index contributed by atoms with van der Waals surface area (Å²) >= 11 is 19.4. The number of benzene rings is 3. The van der Waals surface area contributed by atoms with E-state index >= 15 is 0 Å². The van der Waals surface area contributed by atoms with Gasteiger partial charge in [0.1, 0.15) is 12.3 Å². The van der Waals surface area contributed by atoms with E-state index in [4.69, 9.17) is 27.9 Å². The maximum atomic E-state index is 13.8. The number of hydrogen-bond acceptors (Lipinski definition) is 6. The highest BCUT2D eigenvalue weighted by atomic mass is 79.9. The van der Waals surface area contributed by atoms with E-state index in [1.807, 2.05) is 6.92 Å². The van der Waals surface area contributed by atoms with Crippen molar-refractivity contribution in [1.29, 1.82) is 0 Å². The summed E-state index contributed by atoms with van der Waals surface area (Å²) in [5.74, 6) is -4.08. The van der Waals surface area contributed by atoms with Crippen molar-refractivity contribution < 1.29 is 28.7 Å². The predicted octanol–water partition coefficient (Wildman–Crippen LogP) is 6.68. The summed E-state index contributed by atoms with van der Waals surface area (Å²) in [6.45, 7) is 1.29. The summed E-state index contributed by atoms with van der Waals surface area (Å²) in [7, 11) is 0. The minimum Gasteiger partial charge on any atom is -0.423 e. The average Bonchev–Trinajstić information content (AvgIpc) is 3.20. The SMILES string of the molecule is Cc1ccc(C(=O)Oc2ccc(C(=O)CN(C(=O)c3ccc(Cl)cc3Cl)N3C(=O)[C@H]4C[C@@H](Br)[C@@H](Br)C[C@H]4C3=O)cc2)cc1. The standard InChI is InChI=1S/C31H24Br2Cl2N2O6/c1-16-2-4-18(5-3-16)31(42)43-20-9-6-17(7-10-20)27(38)15-36(28(39)21-11-8-19(34)12-26(21)35)37-29(40)22-13-24(32)25(33)14-23(22)30(37)41/h2-12,22-25H,13-15H2,1H3/t22-,23+,24+,25-. The van der Waals surface area contributed by atoms with E-state index in [-0.39, 0.29) is 31.6 Å². The van der Waals surface area contributed by atoms with Gasteiger partial charge < -0.3 is 4.74 Å². The van der Waals surface area contributed by atoms with Crippen molar-refractivity contribution in [3.63, 3.8) is 0 Å². The van der Waals surface area contributed by atoms with Gasteiger partial charge in [-0.3, -0.25) is 19.2 Å². The lowest BCUT2D eigenvalue weighted by Crippen LogP contribution is -2.52. The van der Waals surface area contributed by atoms with Gasteiger partial charge in [0, 0.05) is 20.2 Å². The third-order valence-corrected chi connectivity index (χ3v) is 10.8. The Morgan fingerprint density at radius 3 is 1.98 bits per heavy atom. The van der Waals surface area contributed by atoms with E-state index < -0.39 is 47.9 Å². The van der Waals surface area contributed by atoms with Crippen molar-refractivity contribution in [3.8, 4) is 5.75 Å². The number of amides is 3. The number of carbonyl (C=O) groups is 5. The molecule has 3 amide bonds. The van der Waals surface area contributed by atoms with Gasteiger partial charge in [0.2, 0.25) is 0 Å². The van der Waals surface area contributed by atoms with Gasteiger partial charge in [-0.2, -0.15) is 5.01 Å². The molecular weight excluding hydrogens is 727 g/mol. The second-order valence-corrected chi connectivity index (χ2v) is 13.6. The Labute approximate surface area is 274 Å². The molecule has 2 fully saturated rings. The normalized spacial score (nSPS) is 21.4. The Balaban J connectivity index is 1.40. The number of Topliss-reactive ketones (excluding diaryl/α,β-unsaturated/α-hetero) is 1. The number of fused-ring (bicyclic) bond motifs is 1. The first kappa shape index (κ1) is 31.4. The summed E-state index contributed by atoms with van der Waals surface area (Å²) in [5.41, 5.74) is 1.52. The lowest BCUT2D eigenvalue weighted by Gasteiger charge is -2.30. The zero-order chi connectivity index (χ0) is 31.0. The molecule has 0 aromatic heterocycles. The minimum absolute atomic E-state index is 0.00671. The first-order valence-corrected chi connectivity index (χ1v) is 15.9. The van der Waals surface area contributed by atoms with Crippen molar-refractivity contribution >= 4 is 84.5 Å². The zero-order valence-electron chi connectivity index (χ0n) is 22.6. The number of rotatable bonds is 7. The van der Waals surface area contributed by atoms with Gasteiger partial charge in [-0.15, -0.1) is 0 Å². The highest BCUT2D eigenvalue weighted by Gasteiger charge is 2.54. The molecule has 1 saturated heterocycles. The van der Waals surface area contributed by atoms with Crippen LogP contribution in [0.1, 0.15) is 49.5 Å². The van der Waals surface area contributed by atoms with Crippen LogP contribution in [0.3, 0.4) is 0 Å². The topological polar surface area (TPSA) is 101 Å². The molecule has 3 aromatic rings. The van der Waals surface area contributed by atoms with E-state index in [1.54, 1.807) is 24.3 Å². The number of imide groups is 1. The molecule has 0 spiro atoms. The summed E-state index contributed by atoms with van der Waals surface area (Å²) in [4.78, 5) is 66.9. The zero-order valence-corrected chi connectivity index (χ0v) is 27.3. The number of esters is 1. The number of halogens is 4. The van der Waals surface area contributed by atoms with Crippen LogP contribution in [0.15, 0.2) is 66.7 Å². The Morgan fingerprint density at radius 2 is 1.42 bits per heavy atom. The summed E-state index contributed by atoms with van der Waals surface area (Å²) in [5, 5.41) is 1.95. The number of ketones is 1. The fourth-order valence-electron chi connectivity index (χ4n) is 5.14. The van der Waals surface area contributed by atoms with E-state index in [0.717, 1.165) is 15.6 Å². The molecule has 1 heterocycles. The Hall–Kier alpha value is -3.05. The van der Waals surface area contributed by atoms with Crippen molar-refractivity contribution in [2.24, 2.45) is 11.8 Å². The van der Waals surface area contributed by atoms with Crippen LogP contribution in [0.2, 0.25) is 10.0 Å². The maximum Gasteiger partial charge on any atom is 0.343 e. The summed E-state index contributed by atoms with van der Waals surface area (Å²) in [6.07, 6.45) is 0.782. The number of aryl methyl sites for hydroxylation is 1. The number of ether oxygens (including phenoxy) is 1. The third kappa shape index (κ3) is 6.57. The number of nitrogens with zero attached hydrogens (tertiary/aromatic N) is 2. The van der Waals surface area contributed by atoms with E-state index in [0.29, 0.717) is 23.4 Å². The summed E-state index contributed by atoms with van der Waals surface area (Å²) in [6, 6.07) is 16.9. The van der Waals surface area contributed by atoms with Gasteiger partial charge in [-0.1, -0.05) is 72.8 Å². The Bertz CT molecular complexity index is 1590. The molecule has 1 aliphatic carbocycles. The first-order valence-electron chi connectivity index (χ1n) is 13.3. The van der Waals surface area contributed by atoms with Gasteiger partial charge in [-0.05, 0) is 74.4 Å². The highest BCUT2D eigenvalue weighted by Crippen LogP contribution is 2.44. The van der Waals surface area contributed by atoms with Crippen LogP contribution in [0, 0.1) is 18.8 Å². The van der Waals surface area contributed by atoms with Crippen LogP contribution in [0.25, 0.3) is 0 Å². The fraction of sp³-hybridized carbons (Fsp3) is 0.258. The van der Waals surface area contributed by atoms with Gasteiger partial charge in [0.25, 0.3) is 17.7 Å². The molecule has 0 unspecified atom stereocenters. The van der Waals surface area contributed by atoms with Crippen LogP contribution in [0.4, 0.5) is 0 Å². The van der Waals surface area contributed by atoms with Crippen LogP contribution in [-0.4, -0.2) is 55.7 Å². The highest BCUT2D eigenvalue weighted by molar-refractivity contribution is 9.12. The van der Waals surface area contributed by atoms with Gasteiger partial charge >= 0.3 is 5.97 Å². The lowest BCUT2D eigenvalue weighted by atomic mass is 9.81. The average molecular weight is 751 g/mol. The van der Waals surface area contributed by atoms with Crippen molar-refractivity contribution in [2.75, 3.05) is 6.54 Å². The molecule has 1 saturated carbocycles. The smallest absolute Gasteiger partial charge is 0.343 e. The largest absolute Gasteiger partial charge is 0.423 e. The minimum atomic E-state index is -0.801. The van der Waals surface area contributed by atoms with Gasteiger partial charge in [-0.25, -0.2) is 9.80 Å². The second-order valence-electron chi connectivity index (χ2n) is 10.4. The third-order valence-electron chi connectivity index (χ3n) is 7.49. The number of carbonyl (C=O) groups excluding carboxylic acids is 5. The molecule has 0 radical (unpaired) electrons. The van der Waals surface area contributed by atoms with Crippen LogP contribution < -0.4 is 4.74 Å². The molecule has 1 aliphatic heterocycles. The molecule has 0 bridgehead atoms. The molecule has 43 heavy (non-hydrogen) atoms. The predicted molar refractivity (Wildman–Crippen MR) is 168 cm³/mol. The molecule has 0 N–H and O–H groups in total. The molecule has 12 heteroatoms. The van der Waals surface area contributed by atoms with Crippen molar-refractivity contribution in [3.05, 3.63) is 99.0 Å². The van der Waals surface area contributed by atoms with Crippen LogP contribution in [-0.2, 0) is 9.59 Å².